The van der Waals surface area contributed by atoms with Gasteiger partial charge in [0, 0.05) is 0 Å². The van der Waals surface area contributed by atoms with Crippen molar-refractivity contribution in [2.75, 3.05) is 13.2 Å². The Morgan fingerprint density at radius 2 is 1.31 bits per heavy atom. The highest BCUT2D eigenvalue weighted by molar-refractivity contribution is 5.81. The van der Waals surface area contributed by atoms with Gasteiger partial charge in [-0.2, -0.15) is 0 Å². The zero-order valence-electron chi connectivity index (χ0n) is 19.1. The van der Waals surface area contributed by atoms with Gasteiger partial charge in [-0.15, -0.1) is 0 Å². The Morgan fingerprint density at radius 3 is 1.76 bits per heavy atom. The number of hydrogen-bond donors (Lipinski definition) is 1. The Kier molecular flexibility index (Phi) is 15.3. The molecule has 0 aliphatic rings. The lowest BCUT2D eigenvalue weighted by molar-refractivity contribution is -0.157. The Labute approximate surface area is 176 Å². The van der Waals surface area contributed by atoms with Gasteiger partial charge in [0.25, 0.3) is 0 Å². The highest BCUT2D eigenvalue weighted by Gasteiger charge is 2.29. The Morgan fingerprint density at radius 1 is 0.793 bits per heavy atom. The van der Waals surface area contributed by atoms with Crippen LogP contribution in [0.15, 0.2) is 0 Å². The van der Waals surface area contributed by atoms with Crippen molar-refractivity contribution in [2.45, 2.75) is 92.4 Å². The number of ether oxygens (including phenoxy) is 2. The summed E-state index contributed by atoms with van der Waals surface area (Å²) in [5, 5.41) is 9.31. The van der Waals surface area contributed by atoms with Crippen molar-refractivity contribution in [2.24, 2.45) is 23.7 Å². The van der Waals surface area contributed by atoms with Crippen LogP contribution >= 0.6 is 0 Å². The van der Waals surface area contributed by atoms with E-state index >= 15 is 0 Å². The summed E-state index contributed by atoms with van der Waals surface area (Å²) in [7, 11) is 0. The topological polar surface area (TPSA) is 89.9 Å². The summed E-state index contributed by atoms with van der Waals surface area (Å²) in [5.41, 5.74) is 0. The largest absolute Gasteiger partial charge is 0.481 e. The zero-order valence-corrected chi connectivity index (χ0v) is 19.1. The highest BCUT2D eigenvalue weighted by atomic mass is 16.5. The van der Waals surface area contributed by atoms with Gasteiger partial charge in [-0.1, -0.05) is 47.5 Å². The molecule has 6 nitrogen and oxygen atoms in total. The molecular weight excluding hydrogens is 372 g/mol. The normalized spacial score (nSPS) is 13.3. The van der Waals surface area contributed by atoms with Crippen LogP contribution in [0.3, 0.4) is 0 Å². The Balaban J connectivity index is 4.56. The van der Waals surface area contributed by atoms with Gasteiger partial charge in [0.15, 0.2) is 0 Å². The molecule has 0 aromatic heterocycles. The quantitative estimate of drug-likeness (QED) is 0.259. The van der Waals surface area contributed by atoms with Crippen LogP contribution in [0.1, 0.15) is 92.4 Å². The van der Waals surface area contributed by atoms with E-state index in [1.807, 2.05) is 0 Å². The van der Waals surface area contributed by atoms with Gasteiger partial charge in [0.05, 0.1) is 31.5 Å². The lowest BCUT2D eigenvalue weighted by atomic mass is 9.90. The van der Waals surface area contributed by atoms with E-state index in [1.54, 1.807) is 6.92 Å². The molecule has 0 rings (SSSR count). The van der Waals surface area contributed by atoms with Crippen molar-refractivity contribution in [3.63, 3.8) is 0 Å². The predicted molar refractivity (Wildman–Crippen MR) is 113 cm³/mol. The first kappa shape index (κ1) is 27.4. The van der Waals surface area contributed by atoms with Crippen molar-refractivity contribution < 1.29 is 29.0 Å². The van der Waals surface area contributed by atoms with E-state index in [4.69, 9.17) is 9.47 Å². The number of carboxylic acids is 1. The third kappa shape index (κ3) is 15.0. The van der Waals surface area contributed by atoms with Crippen LogP contribution < -0.4 is 0 Å². The van der Waals surface area contributed by atoms with E-state index in [9.17, 15) is 19.5 Å². The zero-order chi connectivity index (χ0) is 22.2. The number of rotatable bonds is 17. The molecule has 2 atom stereocenters. The van der Waals surface area contributed by atoms with Crippen LogP contribution in [-0.2, 0) is 23.9 Å². The summed E-state index contributed by atoms with van der Waals surface area (Å²) in [6.45, 7) is 11.0. The highest BCUT2D eigenvalue weighted by Crippen LogP contribution is 2.22. The number of carbonyl (C=O) groups excluding carboxylic acids is 2. The van der Waals surface area contributed by atoms with Crippen LogP contribution in [0.4, 0.5) is 0 Å². The first-order valence-electron chi connectivity index (χ1n) is 11.2. The van der Waals surface area contributed by atoms with Crippen molar-refractivity contribution in [1.29, 1.82) is 0 Å². The van der Waals surface area contributed by atoms with Crippen LogP contribution in [0.5, 0.6) is 0 Å². The molecule has 170 valence electrons. The fraction of sp³-hybridized carbons (Fsp3) is 0.870. The van der Waals surface area contributed by atoms with E-state index in [2.05, 4.69) is 27.7 Å². The molecule has 29 heavy (non-hydrogen) atoms. The average molecular weight is 415 g/mol. The molecule has 0 saturated heterocycles. The molecule has 0 amide bonds. The van der Waals surface area contributed by atoms with Gasteiger partial charge >= 0.3 is 17.9 Å². The molecule has 0 bridgehead atoms. The van der Waals surface area contributed by atoms with Gasteiger partial charge in [0.1, 0.15) is 0 Å². The summed E-state index contributed by atoms with van der Waals surface area (Å²) in [6, 6.07) is 0. The molecule has 1 N–H and O–H groups in total. The SMILES string of the molecule is CCC(CC(CC(=O)OCCCCC(C)C)C(=O)OCCCCC(C)C)C(=O)O. The van der Waals surface area contributed by atoms with Gasteiger partial charge in [0.2, 0.25) is 0 Å². The maximum Gasteiger partial charge on any atom is 0.309 e. The fourth-order valence-corrected chi connectivity index (χ4v) is 3.09. The van der Waals surface area contributed by atoms with Crippen molar-refractivity contribution in [3.8, 4) is 0 Å². The van der Waals surface area contributed by atoms with Gasteiger partial charge in [-0.3, -0.25) is 14.4 Å². The van der Waals surface area contributed by atoms with E-state index < -0.39 is 29.7 Å². The molecule has 0 radical (unpaired) electrons. The number of carboxylic acid groups (broad SMARTS) is 1. The molecule has 0 fully saturated rings. The minimum Gasteiger partial charge on any atom is -0.481 e. The van der Waals surface area contributed by atoms with Gasteiger partial charge in [-0.05, 0) is 50.4 Å². The summed E-state index contributed by atoms with van der Waals surface area (Å²) in [4.78, 5) is 36.0. The maximum absolute atomic E-state index is 12.5. The minimum atomic E-state index is -0.954. The monoisotopic (exact) mass is 414 g/mol. The predicted octanol–water partition coefficient (Wildman–Crippen LogP) is 5.23. The second-order valence-corrected chi connectivity index (χ2v) is 8.75. The fourth-order valence-electron chi connectivity index (χ4n) is 3.09. The molecule has 0 aromatic rings. The standard InChI is InChI=1S/C23H42O6/c1-6-19(22(25)26)15-20(23(27)29-14-10-8-12-18(4)5)16-21(24)28-13-9-7-11-17(2)3/h17-20H,6-16H2,1-5H3,(H,25,26). The molecule has 0 spiro atoms. The Hall–Kier alpha value is -1.59. The number of esters is 2. The van der Waals surface area contributed by atoms with E-state index in [1.165, 1.54) is 0 Å². The van der Waals surface area contributed by atoms with Crippen LogP contribution in [-0.4, -0.2) is 36.2 Å². The molecule has 0 aromatic carbocycles. The number of unbranched alkanes of at least 4 members (excludes halogenated alkanes) is 2. The number of hydrogen-bond acceptors (Lipinski definition) is 5. The number of aliphatic carboxylic acids is 1. The van der Waals surface area contributed by atoms with E-state index in [0.717, 1.165) is 38.5 Å². The van der Waals surface area contributed by atoms with Crippen LogP contribution in [0.25, 0.3) is 0 Å². The minimum absolute atomic E-state index is 0.0963. The van der Waals surface area contributed by atoms with Crippen LogP contribution in [0, 0.1) is 23.7 Å². The third-order valence-electron chi connectivity index (χ3n) is 5.02. The van der Waals surface area contributed by atoms with Crippen molar-refractivity contribution in [3.05, 3.63) is 0 Å². The molecule has 0 saturated carbocycles. The van der Waals surface area contributed by atoms with Gasteiger partial charge < -0.3 is 14.6 Å². The average Bonchev–Trinajstić information content (AvgIpc) is 2.63. The molecule has 0 heterocycles. The number of carbonyl (C=O) groups is 3. The lowest BCUT2D eigenvalue weighted by Crippen LogP contribution is -2.27. The second-order valence-electron chi connectivity index (χ2n) is 8.75. The van der Waals surface area contributed by atoms with Gasteiger partial charge in [-0.25, -0.2) is 0 Å². The van der Waals surface area contributed by atoms with Crippen molar-refractivity contribution in [1.82, 2.24) is 0 Å². The molecule has 0 aliphatic carbocycles. The smallest absolute Gasteiger partial charge is 0.309 e. The third-order valence-corrected chi connectivity index (χ3v) is 5.02. The second kappa shape index (κ2) is 16.2. The molecular formula is C23H42O6. The maximum atomic E-state index is 12.5. The summed E-state index contributed by atoms with van der Waals surface area (Å²) in [6.07, 6.45) is 6.05. The molecule has 2 unspecified atom stereocenters. The molecule has 0 aliphatic heterocycles. The van der Waals surface area contributed by atoms with Crippen LogP contribution in [0.2, 0.25) is 0 Å². The van der Waals surface area contributed by atoms with E-state index in [0.29, 0.717) is 31.5 Å². The van der Waals surface area contributed by atoms with Crippen molar-refractivity contribution >= 4 is 17.9 Å². The summed E-state index contributed by atoms with van der Waals surface area (Å²) >= 11 is 0. The summed E-state index contributed by atoms with van der Waals surface area (Å²) in [5.74, 6) is -2.13. The first-order chi connectivity index (χ1) is 13.7. The Bertz CT molecular complexity index is 472. The molecule has 6 heteroatoms. The van der Waals surface area contributed by atoms with E-state index in [-0.39, 0.29) is 12.8 Å². The summed E-state index contributed by atoms with van der Waals surface area (Å²) < 4.78 is 10.6. The lowest BCUT2D eigenvalue weighted by Gasteiger charge is -2.19. The first-order valence-corrected chi connectivity index (χ1v) is 11.2.